The van der Waals surface area contributed by atoms with Gasteiger partial charge in [-0.05, 0) is 25.9 Å². The van der Waals surface area contributed by atoms with Crippen LogP contribution >= 0.6 is 0 Å². The third-order valence-electron chi connectivity index (χ3n) is 2.88. The zero-order valence-corrected chi connectivity index (χ0v) is 9.20. The van der Waals surface area contributed by atoms with Crippen molar-refractivity contribution < 1.29 is 9.84 Å². The van der Waals surface area contributed by atoms with Crippen LogP contribution < -0.4 is 5.32 Å². The highest BCUT2D eigenvalue weighted by molar-refractivity contribution is 4.78. The van der Waals surface area contributed by atoms with E-state index in [0.717, 1.165) is 26.2 Å². The Labute approximate surface area is 86.2 Å². The number of likely N-dealkylation sites (N-methyl/N-ethyl adjacent to an activating group) is 1. The van der Waals surface area contributed by atoms with Crippen molar-refractivity contribution in [1.29, 1.82) is 0 Å². The van der Waals surface area contributed by atoms with Gasteiger partial charge in [0.25, 0.3) is 0 Å². The molecule has 0 saturated carbocycles. The molecule has 0 radical (unpaired) electrons. The van der Waals surface area contributed by atoms with Crippen LogP contribution in [0.3, 0.4) is 0 Å². The minimum absolute atomic E-state index is 0.205. The van der Waals surface area contributed by atoms with E-state index < -0.39 is 0 Å². The molecule has 0 aromatic carbocycles. The number of aliphatic hydroxyl groups excluding tert-OH is 1. The predicted molar refractivity (Wildman–Crippen MR) is 56.4 cm³/mol. The van der Waals surface area contributed by atoms with Crippen molar-refractivity contribution in [2.45, 2.75) is 12.5 Å². The first-order valence-electron chi connectivity index (χ1n) is 5.29. The van der Waals surface area contributed by atoms with Gasteiger partial charge in [0.15, 0.2) is 0 Å². The Hall–Kier alpha value is -0.160. The minimum atomic E-state index is 0.205. The molecule has 2 N–H and O–H groups in total. The Bertz CT molecular complexity index is 151. The summed E-state index contributed by atoms with van der Waals surface area (Å²) in [5.74, 6) is 0.677. The maximum Gasteiger partial charge on any atom is 0.0597 e. The highest BCUT2D eigenvalue weighted by atomic mass is 16.5. The summed E-state index contributed by atoms with van der Waals surface area (Å²) in [6.45, 7) is 4.24. The molecule has 1 aliphatic rings. The Morgan fingerprint density at radius 2 is 2.43 bits per heavy atom. The molecule has 1 aliphatic heterocycles. The molecule has 0 aromatic rings. The van der Waals surface area contributed by atoms with Gasteiger partial charge in [0.05, 0.1) is 13.2 Å². The molecule has 4 nitrogen and oxygen atoms in total. The van der Waals surface area contributed by atoms with E-state index in [2.05, 4.69) is 10.2 Å². The van der Waals surface area contributed by atoms with Gasteiger partial charge in [0.1, 0.15) is 0 Å². The van der Waals surface area contributed by atoms with Crippen molar-refractivity contribution in [2.24, 2.45) is 5.92 Å². The SMILES string of the molecule is CNC(CO)CN1CCC(COC)C1. The van der Waals surface area contributed by atoms with Crippen LogP contribution in [0.4, 0.5) is 0 Å². The van der Waals surface area contributed by atoms with Crippen LogP contribution in [-0.4, -0.2) is 63.1 Å². The maximum atomic E-state index is 9.04. The second kappa shape index (κ2) is 6.35. The third-order valence-corrected chi connectivity index (χ3v) is 2.88. The molecule has 1 fully saturated rings. The van der Waals surface area contributed by atoms with Crippen LogP contribution in [0.5, 0.6) is 0 Å². The van der Waals surface area contributed by atoms with Crippen LogP contribution in [-0.2, 0) is 4.74 Å². The van der Waals surface area contributed by atoms with Gasteiger partial charge >= 0.3 is 0 Å². The fourth-order valence-corrected chi connectivity index (χ4v) is 2.00. The summed E-state index contributed by atoms with van der Waals surface area (Å²) in [6, 6.07) is 0.205. The van der Waals surface area contributed by atoms with Gasteiger partial charge in [-0.2, -0.15) is 0 Å². The Morgan fingerprint density at radius 1 is 1.64 bits per heavy atom. The number of likely N-dealkylation sites (tertiary alicyclic amines) is 1. The highest BCUT2D eigenvalue weighted by Crippen LogP contribution is 2.16. The zero-order valence-electron chi connectivity index (χ0n) is 9.20. The molecule has 4 heteroatoms. The molecule has 2 unspecified atom stereocenters. The number of nitrogens with zero attached hydrogens (tertiary/aromatic N) is 1. The van der Waals surface area contributed by atoms with E-state index in [1.54, 1.807) is 7.11 Å². The van der Waals surface area contributed by atoms with E-state index >= 15 is 0 Å². The lowest BCUT2D eigenvalue weighted by Crippen LogP contribution is -2.41. The van der Waals surface area contributed by atoms with E-state index in [1.807, 2.05) is 7.05 Å². The number of methoxy groups -OCH3 is 1. The molecule has 1 rings (SSSR count). The lowest BCUT2D eigenvalue weighted by Gasteiger charge is -2.21. The molecule has 0 amide bonds. The lowest BCUT2D eigenvalue weighted by atomic mass is 10.1. The molecule has 1 heterocycles. The summed E-state index contributed by atoms with van der Waals surface area (Å²) in [4.78, 5) is 2.39. The van der Waals surface area contributed by atoms with Crippen LogP contribution in [0.25, 0.3) is 0 Å². The van der Waals surface area contributed by atoms with Crippen molar-refractivity contribution in [1.82, 2.24) is 10.2 Å². The Morgan fingerprint density at radius 3 is 3.00 bits per heavy atom. The van der Waals surface area contributed by atoms with Crippen LogP contribution in [0.2, 0.25) is 0 Å². The van der Waals surface area contributed by atoms with Crippen LogP contribution in [0.1, 0.15) is 6.42 Å². The van der Waals surface area contributed by atoms with Crippen molar-refractivity contribution >= 4 is 0 Å². The molecular weight excluding hydrogens is 180 g/mol. The first-order valence-corrected chi connectivity index (χ1v) is 5.29. The topological polar surface area (TPSA) is 44.7 Å². The summed E-state index contributed by atoms with van der Waals surface area (Å²) in [5.41, 5.74) is 0. The first kappa shape index (κ1) is 11.9. The first-order chi connectivity index (χ1) is 6.80. The fourth-order valence-electron chi connectivity index (χ4n) is 2.00. The maximum absolute atomic E-state index is 9.04. The van der Waals surface area contributed by atoms with Gasteiger partial charge in [0, 0.05) is 26.2 Å². The molecule has 0 spiro atoms. The summed E-state index contributed by atoms with van der Waals surface area (Å²) in [6.07, 6.45) is 1.22. The van der Waals surface area contributed by atoms with Gasteiger partial charge in [-0.15, -0.1) is 0 Å². The predicted octanol–water partition coefficient (Wildman–Crippen LogP) is -0.465. The average Bonchev–Trinajstić information content (AvgIpc) is 2.63. The van der Waals surface area contributed by atoms with Crippen molar-refractivity contribution in [3.63, 3.8) is 0 Å². The number of hydrogen-bond donors (Lipinski definition) is 2. The molecule has 1 saturated heterocycles. The largest absolute Gasteiger partial charge is 0.395 e. The normalized spacial score (nSPS) is 25.5. The smallest absolute Gasteiger partial charge is 0.0597 e. The van der Waals surface area contributed by atoms with Crippen molar-refractivity contribution in [3.8, 4) is 0 Å². The zero-order chi connectivity index (χ0) is 10.4. The summed E-state index contributed by atoms with van der Waals surface area (Å²) in [7, 11) is 3.65. The third kappa shape index (κ3) is 3.53. The van der Waals surface area contributed by atoms with Gasteiger partial charge in [0.2, 0.25) is 0 Å². The lowest BCUT2D eigenvalue weighted by molar-refractivity contribution is 0.149. The van der Waals surface area contributed by atoms with E-state index in [-0.39, 0.29) is 12.6 Å². The second-order valence-electron chi connectivity index (χ2n) is 4.04. The second-order valence-corrected chi connectivity index (χ2v) is 4.04. The van der Waals surface area contributed by atoms with Crippen LogP contribution in [0, 0.1) is 5.92 Å². The Kier molecular flexibility index (Phi) is 5.40. The summed E-state index contributed by atoms with van der Waals surface area (Å²) in [5, 5.41) is 12.1. The van der Waals surface area contributed by atoms with Crippen molar-refractivity contribution in [3.05, 3.63) is 0 Å². The number of rotatable bonds is 6. The molecule has 0 bridgehead atoms. The molecule has 14 heavy (non-hydrogen) atoms. The molecule has 0 aromatic heterocycles. The van der Waals surface area contributed by atoms with Gasteiger partial charge in [-0.25, -0.2) is 0 Å². The quantitative estimate of drug-likeness (QED) is 0.611. The van der Waals surface area contributed by atoms with E-state index in [4.69, 9.17) is 9.84 Å². The molecule has 0 aliphatic carbocycles. The summed E-state index contributed by atoms with van der Waals surface area (Å²) >= 11 is 0. The van der Waals surface area contributed by atoms with Gasteiger partial charge < -0.3 is 20.1 Å². The number of nitrogens with one attached hydrogen (secondary N) is 1. The number of hydrogen-bond acceptors (Lipinski definition) is 4. The molecular formula is C10H22N2O2. The van der Waals surface area contributed by atoms with Gasteiger partial charge in [-0.1, -0.05) is 0 Å². The minimum Gasteiger partial charge on any atom is -0.395 e. The Balaban J connectivity index is 2.21. The standard InChI is InChI=1S/C10H22N2O2/c1-11-10(7-13)6-12-4-3-9(5-12)8-14-2/h9-11,13H,3-8H2,1-2H3. The fraction of sp³-hybridized carbons (Fsp3) is 1.00. The highest BCUT2D eigenvalue weighted by Gasteiger charge is 2.23. The van der Waals surface area contributed by atoms with E-state index in [9.17, 15) is 0 Å². The molecule has 2 atom stereocenters. The number of ether oxygens (including phenoxy) is 1. The van der Waals surface area contributed by atoms with E-state index in [1.165, 1.54) is 6.42 Å². The van der Waals surface area contributed by atoms with Crippen molar-refractivity contribution in [2.75, 3.05) is 47.0 Å². The average molecular weight is 202 g/mol. The van der Waals surface area contributed by atoms with Crippen LogP contribution in [0.15, 0.2) is 0 Å². The summed E-state index contributed by atoms with van der Waals surface area (Å²) < 4.78 is 5.14. The van der Waals surface area contributed by atoms with E-state index in [0.29, 0.717) is 5.92 Å². The number of aliphatic hydroxyl groups is 1. The van der Waals surface area contributed by atoms with Gasteiger partial charge in [-0.3, -0.25) is 0 Å². The monoisotopic (exact) mass is 202 g/mol. The molecule has 84 valence electrons.